The fourth-order valence-electron chi connectivity index (χ4n) is 11.3. The van der Waals surface area contributed by atoms with Crippen LogP contribution in [0, 0.1) is 23.7 Å². The van der Waals surface area contributed by atoms with Crippen LogP contribution in [0.5, 0.6) is 0 Å². The zero-order valence-electron chi connectivity index (χ0n) is 61.6. The highest BCUT2D eigenvalue weighted by Crippen LogP contribution is 2.45. The van der Waals surface area contributed by atoms with Crippen LogP contribution in [-0.2, 0) is 65.4 Å². The van der Waals surface area contributed by atoms with Crippen LogP contribution >= 0.6 is 15.6 Å². The van der Waals surface area contributed by atoms with E-state index in [2.05, 4.69) is 55.4 Å². The molecule has 0 aromatic heterocycles. The number of unbranched alkanes of at least 4 members (excludes halogenated alkanes) is 36. The number of carbonyl (C=O) groups excluding carboxylic acids is 4. The van der Waals surface area contributed by atoms with Crippen molar-refractivity contribution in [3.8, 4) is 0 Å². The molecule has 19 heteroatoms. The number of carbonyl (C=O) groups is 4. The summed E-state index contributed by atoms with van der Waals surface area (Å²) in [5.41, 5.74) is 0. The molecule has 0 radical (unpaired) electrons. The summed E-state index contributed by atoms with van der Waals surface area (Å²) in [6, 6.07) is 0. The lowest BCUT2D eigenvalue weighted by molar-refractivity contribution is -0.161. The van der Waals surface area contributed by atoms with Gasteiger partial charge in [-0.2, -0.15) is 0 Å². The fourth-order valence-corrected chi connectivity index (χ4v) is 12.9. The van der Waals surface area contributed by atoms with Crippen molar-refractivity contribution in [3.63, 3.8) is 0 Å². The predicted octanol–water partition coefficient (Wildman–Crippen LogP) is 21.7. The van der Waals surface area contributed by atoms with E-state index in [0.717, 1.165) is 120 Å². The van der Waals surface area contributed by atoms with E-state index in [9.17, 15) is 43.2 Å². The van der Waals surface area contributed by atoms with Crippen LogP contribution in [0.1, 0.15) is 376 Å². The molecule has 0 saturated carbocycles. The Bertz CT molecular complexity index is 1850. The molecule has 0 bridgehead atoms. The third-order valence-electron chi connectivity index (χ3n) is 18.0. The highest BCUT2D eigenvalue weighted by molar-refractivity contribution is 7.47. The standard InChI is InChI=1S/C75H146O17P2/c1-9-67(7)53-45-37-28-24-21-22-26-30-42-50-58-75(80)92-71(62-86-73(78)56-48-40-34-32-38-46-54-68(8)10-2)64-90-94(83,84)88-60-69(76)59-87-93(81,82)89-63-70(61-85-72(77)55-47-39-33-31-36-44-52-66(5)6)91-74(79)57-49-41-29-25-20-18-16-14-12-11-13-15-17-19-23-27-35-43-51-65(3)4/h65-71,76H,9-64H2,1-8H3,(H,81,82)(H,83,84)/t67?,68?,69?,70-,71-/m1/s1. The largest absolute Gasteiger partial charge is 0.472 e. The Kier molecular flexibility index (Phi) is 63.1. The molecule has 0 aliphatic rings. The van der Waals surface area contributed by atoms with Crippen molar-refractivity contribution in [1.29, 1.82) is 0 Å². The molecule has 94 heavy (non-hydrogen) atoms. The summed E-state index contributed by atoms with van der Waals surface area (Å²) < 4.78 is 68.4. The van der Waals surface area contributed by atoms with Crippen molar-refractivity contribution in [2.24, 2.45) is 23.7 Å². The average molecular weight is 1380 g/mol. The molecule has 0 rings (SSSR count). The average Bonchev–Trinajstić information content (AvgIpc) is 1.62. The molecule has 558 valence electrons. The molecule has 0 spiro atoms. The molecule has 7 atom stereocenters. The van der Waals surface area contributed by atoms with Gasteiger partial charge < -0.3 is 33.8 Å². The summed E-state index contributed by atoms with van der Waals surface area (Å²) in [6.45, 7) is 14.1. The molecule has 17 nitrogen and oxygen atoms in total. The van der Waals surface area contributed by atoms with Crippen molar-refractivity contribution >= 4 is 39.5 Å². The van der Waals surface area contributed by atoms with Crippen LogP contribution in [0.3, 0.4) is 0 Å². The Morgan fingerprint density at radius 3 is 0.755 bits per heavy atom. The van der Waals surface area contributed by atoms with Gasteiger partial charge in [-0.25, -0.2) is 9.13 Å². The van der Waals surface area contributed by atoms with Gasteiger partial charge in [-0.05, 0) is 49.4 Å². The lowest BCUT2D eigenvalue weighted by atomic mass is 9.99. The summed E-state index contributed by atoms with van der Waals surface area (Å²) in [5, 5.41) is 10.6. The van der Waals surface area contributed by atoms with Gasteiger partial charge in [-0.3, -0.25) is 37.3 Å². The van der Waals surface area contributed by atoms with Crippen LogP contribution in [0.2, 0.25) is 0 Å². The molecule has 0 aliphatic carbocycles. The first-order valence-electron chi connectivity index (χ1n) is 38.8. The lowest BCUT2D eigenvalue weighted by Crippen LogP contribution is -2.30. The van der Waals surface area contributed by atoms with Crippen LogP contribution in [-0.4, -0.2) is 96.7 Å². The highest BCUT2D eigenvalue weighted by Gasteiger charge is 2.30. The lowest BCUT2D eigenvalue weighted by Gasteiger charge is -2.21. The van der Waals surface area contributed by atoms with Gasteiger partial charge in [0, 0.05) is 25.7 Å². The van der Waals surface area contributed by atoms with Crippen molar-refractivity contribution in [2.75, 3.05) is 39.6 Å². The second-order valence-electron chi connectivity index (χ2n) is 28.5. The first kappa shape index (κ1) is 92.1. The van der Waals surface area contributed by atoms with Gasteiger partial charge in [0.15, 0.2) is 12.2 Å². The zero-order valence-corrected chi connectivity index (χ0v) is 63.4. The predicted molar refractivity (Wildman–Crippen MR) is 381 cm³/mol. The van der Waals surface area contributed by atoms with E-state index in [-0.39, 0.29) is 25.7 Å². The summed E-state index contributed by atoms with van der Waals surface area (Å²) in [6.07, 6.45) is 48.8. The zero-order chi connectivity index (χ0) is 69.6. The minimum atomic E-state index is -4.96. The maximum atomic E-state index is 13.0. The second-order valence-corrected chi connectivity index (χ2v) is 31.4. The molecule has 0 heterocycles. The van der Waals surface area contributed by atoms with Crippen molar-refractivity contribution in [3.05, 3.63) is 0 Å². The number of phosphoric ester groups is 2. The number of hydrogen-bond donors (Lipinski definition) is 3. The number of aliphatic hydroxyl groups is 1. The molecule has 0 aliphatic heterocycles. The molecule has 3 N–H and O–H groups in total. The smallest absolute Gasteiger partial charge is 0.462 e. The van der Waals surface area contributed by atoms with Crippen molar-refractivity contribution < 1.29 is 80.2 Å². The summed E-state index contributed by atoms with van der Waals surface area (Å²) in [5.74, 6) is 0.907. The van der Waals surface area contributed by atoms with E-state index in [0.29, 0.717) is 31.6 Å². The number of ether oxygens (including phenoxy) is 4. The summed E-state index contributed by atoms with van der Waals surface area (Å²) >= 11 is 0. The minimum Gasteiger partial charge on any atom is -0.462 e. The first-order chi connectivity index (χ1) is 45.2. The van der Waals surface area contributed by atoms with Crippen LogP contribution in [0.15, 0.2) is 0 Å². The van der Waals surface area contributed by atoms with E-state index in [1.165, 1.54) is 167 Å². The normalized spacial score (nSPS) is 14.7. The first-order valence-corrected chi connectivity index (χ1v) is 41.8. The maximum absolute atomic E-state index is 13.0. The molecule has 0 amide bonds. The van der Waals surface area contributed by atoms with E-state index in [4.69, 9.17) is 37.0 Å². The number of rotatable bonds is 72. The molecular weight excluding hydrogens is 1230 g/mol. The van der Waals surface area contributed by atoms with E-state index >= 15 is 0 Å². The van der Waals surface area contributed by atoms with Crippen LogP contribution in [0.4, 0.5) is 0 Å². The topological polar surface area (TPSA) is 237 Å². The van der Waals surface area contributed by atoms with Gasteiger partial charge in [0.1, 0.15) is 19.3 Å². The molecule has 0 fully saturated rings. The Morgan fingerprint density at radius 2 is 0.511 bits per heavy atom. The molecule has 0 aromatic rings. The summed E-state index contributed by atoms with van der Waals surface area (Å²) in [4.78, 5) is 72.7. The molecule has 5 unspecified atom stereocenters. The van der Waals surface area contributed by atoms with Gasteiger partial charge in [0.2, 0.25) is 0 Å². The van der Waals surface area contributed by atoms with E-state index in [1.807, 2.05) is 0 Å². The number of aliphatic hydroxyl groups excluding tert-OH is 1. The van der Waals surface area contributed by atoms with Gasteiger partial charge in [-0.1, -0.05) is 325 Å². The van der Waals surface area contributed by atoms with Crippen LogP contribution < -0.4 is 0 Å². The Hall–Kier alpha value is -1.94. The Morgan fingerprint density at radius 1 is 0.298 bits per heavy atom. The van der Waals surface area contributed by atoms with Gasteiger partial charge >= 0.3 is 39.5 Å². The fraction of sp³-hybridized carbons (Fsp3) is 0.947. The van der Waals surface area contributed by atoms with Gasteiger partial charge in [0.05, 0.1) is 26.4 Å². The van der Waals surface area contributed by atoms with Gasteiger partial charge in [-0.15, -0.1) is 0 Å². The van der Waals surface area contributed by atoms with Gasteiger partial charge in [0.25, 0.3) is 0 Å². The highest BCUT2D eigenvalue weighted by atomic mass is 31.2. The molecular formula is C75H146O17P2. The monoisotopic (exact) mass is 1380 g/mol. The summed E-state index contributed by atoms with van der Waals surface area (Å²) in [7, 11) is -9.91. The Balaban J connectivity index is 5.17. The number of esters is 4. The van der Waals surface area contributed by atoms with E-state index in [1.54, 1.807) is 0 Å². The Labute approximate surface area is 575 Å². The number of phosphoric acid groups is 2. The van der Waals surface area contributed by atoms with E-state index < -0.39 is 97.5 Å². The van der Waals surface area contributed by atoms with Crippen LogP contribution in [0.25, 0.3) is 0 Å². The second kappa shape index (κ2) is 64.4. The minimum absolute atomic E-state index is 0.105. The quantitative estimate of drug-likeness (QED) is 0.0222. The SMILES string of the molecule is CCC(C)CCCCCCCCCCCCC(=O)O[C@H](COC(=O)CCCCCCCCC(C)CC)COP(=O)(O)OCC(O)COP(=O)(O)OC[C@@H](COC(=O)CCCCCCCCC(C)C)OC(=O)CCCCCCCCCCCCCCCCCCCCC(C)C. The van der Waals surface area contributed by atoms with Crippen molar-refractivity contribution in [1.82, 2.24) is 0 Å². The third kappa shape index (κ3) is 66.0. The molecule has 0 aromatic carbocycles. The third-order valence-corrected chi connectivity index (χ3v) is 19.9. The van der Waals surface area contributed by atoms with Crippen molar-refractivity contribution in [2.45, 2.75) is 395 Å². The number of hydrogen-bond acceptors (Lipinski definition) is 15. The molecule has 0 saturated heterocycles. The maximum Gasteiger partial charge on any atom is 0.472 e.